The van der Waals surface area contributed by atoms with Crippen LogP contribution in [0.5, 0.6) is 0 Å². The Balaban J connectivity index is 0.00000231. The van der Waals surface area contributed by atoms with Crippen LogP contribution in [0.25, 0.3) is 11.6 Å². The van der Waals surface area contributed by atoms with Crippen molar-refractivity contribution in [3.63, 3.8) is 0 Å². The molecule has 0 radical (unpaired) electrons. The van der Waals surface area contributed by atoms with Crippen molar-refractivity contribution < 1.29 is 8.81 Å². The van der Waals surface area contributed by atoms with Crippen molar-refractivity contribution in [2.75, 3.05) is 25.4 Å². The van der Waals surface area contributed by atoms with E-state index >= 15 is 0 Å². The highest BCUT2D eigenvalue weighted by Crippen LogP contribution is 2.64. The van der Waals surface area contributed by atoms with Crippen LogP contribution < -0.4 is 0 Å². The van der Waals surface area contributed by atoms with Gasteiger partial charge in [0, 0.05) is 19.3 Å². The summed E-state index contributed by atoms with van der Waals surface area (Å²) in [5.74, 6) is 2.73. The number of halogens is 2. The number of thioether (sulfide) groups is 1. The fourth-order valence-corrected chi connectivity index (χ4v) is 5.61. The van der Waals surface area contributed by atoms with Gasteiger partial charge in [-0.2, -0.15) is 0 Å². The van der Waals surface area contributed by atoms with E-state index < -0.39 is 0 Å². The predicted octanol–water partition coefficient (Wildman–Crippen LogP) is 4.70. The maximum atomic E-state index is 14.1. The summed E-state index contributed by atoms with van der Waals surface area (Å²) in [6.45, 7) is 5.19. The van der Waals surface area contributed by atoms with Crippen molar-refractivity contribution >= 4 is 24.2 Å². The van der Waals surface area contributed by atoms with E-state index in [9.17, 15) is 4.39 Å². The van der Waals surface area contributed by atoms with Gasteiger partial charge in [0.25, 0.3) is 0 Å². The van der Waals surface area contributed by atoms with Crippen molar-refractivity contribution in [1.82, 2.24) is 24.6 Å². The quantitative estimate of drug-likeness (QED) is 0.374. The number of benzene rings is 1. The molecule has 2 atom stereocenters. The molecule has 3 heterocycles. The van der Waals surface area contributed by atoms with E-state index in [-0.39, 0.29) is 18.2 Å². The molecule has 1 unspecified atom stereocenters. The third kappa shape index (κ3) is 4.25. The molecule has 1 aliphatic heterocycles. The topological polar surface area (TPSA) is 60.0 Å². The lowest BCUT2D eigenvalue weighted by Crippen LogP contribution is -2.23. The van der Waals surface area contributed by atoms with Crippen LogP contribution in [0.3, 0.4) is 0 Å². The molecule has 9 heteroatoms. The van der Waals surface area contributed by atoms with Crippen molar-refractivity contribution in [2.24, 2.45) is 12.5 Å². The summed E-state index contributed by atoms with van der Waals surface area (Å²) in [6, 6.07) is 7.28. The van der Waals surface area contributed by atoms with E-state index in [1.807, 2.05) is 30.7 Å². The second-order valence-electron chi connectivity index (χ2n) is 8.50. The Kier molecular flexibility index (Phi) is 6.42. The fourth-order valence-electron chi connectivity index (χ4n) is 4.78. The zero-order chi connectivity index (χ0) is 20.7. The minimum Gasteiger partial charge on any atom is -0.440 e. The first kappa shape index (κ1) is 22.3. The van der Waals surface area contributed by atoms with Gasteiger partial charge in [-0.15, -0.1) is 22.6 Å². The van der Waals surface area contributed by atoms with E-state index in [0.29, 0.717) is 22.9 Å². The summed E-state index contributed by atoms with van der Waals surface area (Å²) in [6.07, 6.45) is 4.84. The van der Waals surface area contributed by atoms with Crippen molar-refractivity contribution in [2.45, 2.75) is 37.3 Å². The fraction of sp³-hybridized carbons (Fsp3) is 0.500. The third-order valence-electron chi connectivity index (χ3n) is 6.57. The van der Waals surface area contributed by atoms with Crippen LogP contribution in [-0.2, 0) is 7.05 Å². The van der Waals surface area contributed by atoms with Gasteiger partial charge >= 0.3 is 0 Å². The second-order valence-corrected chi connectivity index (χ2v) is 9.56. The van der Waals surface area contributed by atoms with E-state index in [2.05, 4.69) is 20.1 Å². The molecule has 1 aliphatic carbocycles. The molecule has 1 saturated carbocycles. The second kappa shape index (κ2) is 8.92. The summed E-state index contributed by atoms with van der Waals surface area (Å²) in [7, 11) is 1.96. The number of aromatic nitrogens is 4. The monoisotopic (exact) mass is 463 g/mol. The van der Waals surface area contributed by atoms with Gasteiger partial charge in [0.2, 0.25) is 5.82 Å². The van der Waals surface area contributed by atoms with E-state index in [4.69, 9.17) is 4.42 Å². The average molecular weight is 464 g/mol. The molecule has 166 valence electrons. The van der Waals surface area contributed by atoms with Crippen LogP contribution >= 0.6 is 24.2 Å². The number of rotatable bonds is 7. The first-order valence-electron chi connectivity index (χ1n) is 10.5. The van der Waals surface area contributed by atoms with Crippen LogP contribution in [0.2, 0.25) is 0 Å². The van der Waals surface area contributed by atoms with E-state index in [0.717, 1.165) is 54.6 Å². The zero-order valence-electron chi connectivity index (χ0n) is 17.8. The summed E-state index contributed by atoms with van der Waals surface area (Å²) < 4.78 is 21.5. The molecule has 1 aromatic carbocycles. The highest BCUT2D eigenvalue weighted by molar-refractivity contribution is 7.99. The maximum Gasteiger partial charge on any atom is 0.202 e. The number of likely N-dealkylation sites (tertiary alicyclic amines) is 1. The lowest BCUT2D eigenvalue weighted by Gasteiger charge is -2.16. The summed E-state index contributed by atoms with van der Waals surface area (Å²) >= 11 is 1.72. The van der Waals surface area contributed by atoms with Gasteiger partial charge in [-0.1, -0.05) is 30.0 Å². The number of hydrogen-bond acceptors (Lipinski definition) is 6. The molecule has 5 rings (SSSR count). The number of nitrogens with zero attached hydrogens (tertiary/aromatic N) is 5. The van der Waals surface area contributed by atoms with Crippen LogP contribution in [0.4, 0.5) is 4.39 Å². The van der Waals surface area contributed by atoms with Crippen LogP contribution in [0.1, 0.15) is 36.4 Å². The summed E-state index contributed by atoms with van der Waals surface area (Å²) in [5.41, 5.74) is 2.04. The number of aryl methyl sites for hydroxylation is 1. The van der Waals surface area contributed by atoms with Gasteiger partial charge < -0.3 is 13.9 Å². The van der Waals surface area contributed by atoms with Gasteiger partial charge in [0.05, 0.1) is 5.69 Å². The predicted molar refractivity (Wildman–Crippen MR) is 121 cm³/mol. The number of hydrogen-bond donors (Lipinski definition) is 0. The first-order valence-corrected chi connectivity index (χ1v) is 11.5. The molecular weight excluding hydrogens is 437 g/mol. The van der Waals surface area contributed by atoms with Crippen LogP contribution in [0.15, 0.2) is 40.2 Å². The average Bonchev–Trinajstić information content (AvgIpc) is 3.04. The molecule has 1 saturated heterocycles. The highest BCUT2D eigenvalue weighted by Gasteiger charge is 2.58. The molecule has 6 nitrogen and oxygen atoms in total. The Hall–Kier alpha value is -1.90. The van der Waals surface area contributed by atoms with E-state index in [1.54, 1.807) is 23.9 Å². The van der Waals surface area contributed by atoms with Crippen molar-refractivity contribution in [3.05, 3.63) is 47.7 Å². The molecule has 31 heavy (non-hydrogen) atoms. The Bertz CT molecular complexity index is 1060. The normalized spacial score (nSPS) is 22.7. The van der Waals surface area contributed by atoms with Gasteiger partial charge in [-0.25, -0.2) is 9.37 Å². The Morgan fingerprint density at radius 3 is 2.90 bits per heavy atom. The minimum atomic E-state index is -0.0437. The molecule has 3 aromatic rings. The lowest BCUT2D eigenvalue weighted by atomic mass is 9.98. The van der Waals surface area contributed by atoms with Gasteiger partial charge in [-0.05, 0) is 62.2 Å². The molecule has 0 bridgehead atoms. The highest BCUT2D eigenvalue weighted by atomic mass is 35.5. The minimum absolute atomic E-state index is 0. The smallest absolute Gasteiger partial charge is 0.202 e. The molecule has 0 N–H and O–H groups in total. The third-order valence-corrected chi connectivity index (χ3v) is 7.67. The van der Waals surface area contributed by atoms with Gasteiger partial charge in [0.15, 0.2) is 17.3 Å². The summed E-state index contributed by atoms with van der Waals surface area (Å²) in [5, 5.41) is 9.46. The largest absolute Gasteiger partial charge is 0.440 e. The molecule has 2 aliphatic rings. The van der Waals surface area contributed by atoms with Gasteiger partial charge in [-0.3, -0.25) is 0 Å². The lowest BCUT2D eigenvalue weighted by molar-refractivity contribution is 0.319. The Labute approximate surface area is 192 Å². The maximum absolute atomic E-state index is 14.1. The molecule has 2 fully saturated rings. The first-order chi connectivity index (χ1) is 14.6. The molecular formula is C22H27ClFN5OS. The van der Waals surface area contributed by atoms with Crippen molar-refractivity contribution in [3.8, 4) is 11.6 Å². The SMILES string of the molecule is Cc1ncoc1-c1nnc(SCCCN2CC[C@]3(CC3c3ccccc3F)C2)n1C.Cl. The summed E-state index contributed by atoms with van der Waals surface area (Å²) in [4.78, 5) is 6.67. The molecule has 1 spiro atoms. The van der Waals surface area contributed by atoms with Crippen LogP contribution in [-0.4, -0.2) is 50.0 Å². The molecule has 0 amide bonds. The Morgan fingerprint density at radius 2 is 2.13 bits per heavy atom. The molecule has 2 aromatic heterocycles. The zero-order valence-corrected chi connectivity index (χ0v) is 19.4. The number of oxazole rings is 1. The van der Waals surface area contributed by atoms with Gasteiger partial charge in [0.1, 0.15) is 5.82 Å². The van der Waals surface area contributed by atoms with Crippen molar-refractivity contribution in [1.29, 1.82) is 0 Å². The van der Waals surface area contributed by atoms with Crippen LogP contribution in [0, 0.1) is 18.2 Å². The Morgan fingerprint density at radius 1 is 1.29 bits per heavy atom. The van der Waals surface area contributed by atoms with E-state index in [1.165, 1.54) is 12.8 Å². The standard InChI is InChI=1S/C22H26FN5OS.ClH/c1-15-19(29-14-24-15)20-25-26-21(27(20)2)30-11-5-9-28-10-8-22(13-28)12-17(22)16-6-3-4-7-18(16)23;/h3-4,6-7,14,17H,5,8-13H2,1-2H3;1H/t17?,22-;/m0./s1.